The first-order valence-electron chi connectivity index (χ1n) is 11.6. The molecule has 1 amide bonds. The molecular formula is C23H27ClFN7O2. The number of ether oxygens (including phenoxy) is 1. The fraction of sp³-hybridized carbons (Fsp3) is 0.478. The van der Waals surface area contributed by atoms with Crippen molar-refractivity contribution in [3.05, 3.63) is 35.2 Å². The number of aromatic nitrogens is 4. The molecule has 3 heterocycles. The van der Waals surface area contributed by atoms with Gasteiger partial charge in [-0.3, -0.25) is 9.36 Å². The standard InChI is InChI=1S/C23H27ClFN7O2/c24-16-2-1-3-17(19(16)25)29-23-30-18-12-27-22(28-14-8-10-34-11-9-14)31-21(18)32(23)15-6-4-13(5-7-15)20(26)33/h1-3,12-15H,4-11H2,(H2,26,33)(H,29,30)(H,27,28,31)/t13-,15-. The van der Waals surface area contributed by atoms with Crippen molar-refractivity contribution in [2.45, 2.75) is 50.6 Å². The van der Waals surface area contributed by atoms with Gasteiger partial charge in [-0.25, -0.2) is 14.4 Å². The van der Waals surface area contributed by atoms with Crippen molar-refractivity contribution in [3.8, 4) is 0 Å². The summed E-state index contributed by atoms with van der Waals surface area (Å²) >= 11 is 5.98. The van der Waals surface area contributed by atoms with E-state index in [-0.39, 0.29) is 34.6 Å². The highest BCUT2D eigenvalue weighted by Crippen LogP contribution is 2.37. The van der Waals surface area contributed by atoms with Crippen LogP contribution in [0.3, 0.4) is 0 Å². The van der Waals surface area contributed by atoms with Gasteiger partial charge in [0.15, 0.2) is 11.5 Å². The molecule has 34 heavy (non-hydrogen) atoms. The van der Waals surface area contributed by atoms with Crippen LogP contribution in [0, 0.1) is 11.7 Å². The van der Waals surface area contributed by atoms with Gasteiger partial charge in [-0.15, -0.1) is 0 Å². The summed E-state index contributed by atoms with van der Waals surface area (Å²) in [6.07, 6.45) is 6.29. The number of carbonyl (C=O) groups is 1. The van der Waals surface area contributed by atoms with E-state index in [1.807, 2.05) is 4.57 Å². The van der Waals surface area contributed by atoms with Crippen LogP contribution in [-0.4, -0.2) is 44.7 Å². The number of carbonyl (C=O) groups excluding carboxylic acids is 1. The van der Waals surface area contributed by atoms with Crippen LogP contribution in [0.15, 0.2) is 24.4 Å². The Kier molecular flexibility index (Phi) is 6.51. The van der Waals surface area contributed by atoms with Gasteiger partial charge in [0, 0.05) is 31.2 Å². The number of rotatable bonds is 6. The first-order valence-corrected chi connectivity index (χ1v) is 12.0. The van der Waals surface area contributed by atoms with Gasteiger partial charge in [0.25, 0.3) is 0 Å². The smallest absolute Gasteiger partial charge is 0.224 e. The molecule has 180 valence electrons. The van der Waals surface area contributed by atoms with Gasteiger partial charge in [0.05, 0.1) is 16.9 Å². The predicted octanol–water partition coefficient (Wildman–Crippen LogP) is 4.17. The Bertz CT molecular complexity index is 1190. The number of nitrogens with two attached hydrogens (primary N) is 1. The normalized spacial score (nSPS) is 21.5. The van der Waals surface area contributed by atoms with Crippen molar-refractivity contribution in [2.75, 3.05) is 23.8 Å². The first-order chi connectivity index (χ1) is 16.5. The Labute approximate surface area is 201 Å². The maximum Gasteiger partial charge on any atom is 0.224 e. The lowest BCUT2D eigenvalue weighted by molar-refractivity contribution is -0.122. The van der Waals surface area contributed by atoms with E-state index in [1.165, 1.54) is 6.07 Å². The maximum absolute atomic E-state index is 14.7. The summed E-state index contributed by atoms with van der Waals surface area (Å²) in [5.74, 6) is 0.0305. The fourth-order valence-electron chi connectivity index (χ4n) is 4.76. The van der Waals surface area contributed by atoms with E-state index in [9.17, 15) is 9.18 Å². The minimum Gasteiger partial charge on any atom is -0.381 e. The SMILES string of the molecule is NC(=O)[C@H]1CC[C@H](n2c(Nc3cccc(Cl)c3F)nc3cnc(NC4CCOCC4)nc32)CC1. The quantitative estimate of drug-likeness (QED) is 0.477. The second-order valence-electron chi connectivity index (χ2n) is 8.87. The third kappa shape index (κ3) is 4.65. The summed E-state index contributed by atoms with van der Waals surface area (Å²) in [4.78, 5) is 25.6. The van der Waals surface area contributed by atoms with Gasteiger partial charge in [0.1, 0.15) is 5.52 Å². The second kappa shape index (κ2) is 9.71. The molecule has 1 saturated carbocycles. The molecule has 2 aliphatic rings. The Morgan fingerprint density at radius 3 is 2.65 bits per heavy atom. The fourth-order valence-corrected chi connectivity index (χ4v) is 4.93. The van der Waals surface area contributed by atoms with Crippen LogP contribution < -0.4 is 16.4 Å². The topological polar surface area (TPSA) is 120 Å². The van der Waals surface area contributed by atoms with Gasteiger partial charge < -0.3 is 21.1 Å². The number of amides is 1. The lowest BCUT2D eigenvalue weighted by atomic mass is 9.85. The van der Waals surface area contributed by atoms with Crippen LogP contribution in [-0.2, 0) is 9.53 Å². The lowest BCUT2D eigenvalue weighted by Gasteiger charge is -2.29. The maximum atomic E-state index is 14.7. The minimum atomic E-state index is -0.548. The number of anilines is 3. The van der Waals surface area contributed by atoms with Crippen molar-refractivity contribution < 1.29 is 13.9 Å². The highest BCUT2D eigenvalue weighted by Gasteiger charge is 2.29. The second-order valence-corrected chi connectivity index (χ2v) is 9.28. The highest BCUT2D eigenvalue weighted by atomic mass is 35.5. The molecule has 0 radical (unpaired) electrons. The van der Waals surface area contributed by atoms with E-state index in [4.69, 9.17) is 27.1 Å². The van der Waals surface area contributed by atoms with Crippen molar-refractivity contribution in [1.29, 1.82) is 0 Å². The van der Waals surface area contributed by atoms with Crippen molar-refractivity contribution >= 4 is 46.3 Å². The molecule has 3 aromatic rings. The van der Waals surface area contributed by atoms with Crippen molar-refractivity contribution in [2.24, 2.45) is 11.7 Å². The van der Waals surface area contributed by atoms with Crippen LogP contribution >= 0.6 is 11.6 Å². The zero-order chi connectivity index (χ0) is 23.7. The largest absolute Gasteiger partial charge is 0.381 e. The molecule has 0 spiro atoms. The summed E-state index contributed by atoms with van der Waals surface area (Å²) in [5, 5.41) is 6.52. The molecule has 0 unspecified atom stereocenters. The van der Waals surface area contributed by atoms with Crippen LogP contribution in [0.5, 0.6) is 0 Å². The molecule has 0 bridgehead atoms. The zero-order valence-corrected chi connectivity index (χ0v) is 19.4. The number of primary amides is 1. The minimum absolute atomic E-state index is 0.0242. The van der Waals surface area contributed by atoms with Crippen molar-refractivity contribution in [3.63, 3.8) is 0 Å². The average Bonchev–Trinajstić information content (AvgIpc) is 3.20. The summed E-state index contributed by atoms with van der Waals surface area (Å²) in [6, 6.07) is 5.05. The predicted molar refractivity (Wildman–Crippen MR) is 128 cm³/mol. The Balaban J connectivity index is 1.51. The number of hydrogen-bond donors (Lipinski definition) is 3. The molecule has 5 rings (SSSR count). The molecule has 1 saturated heterocycles. The Hall–Kier alpha value is -2.98. The highest BCUT2D eigenvalue weighted by molar-refractivity contribution is 6.31. The molecule has 9 nitrogen and oxygen atoms in total. The molecule has 1 aliphatic heterocycles. The van der Waals surface area contributed by atoms with Gasteiger partial charge in [-0.2, -0.15) is 4.98 Å². The van der Waals surface area contributed by atoms with E-state index in [0.717, 1.165) is 25.7 Å². The number of benzene rings is 1. The summed E-state index contributed by atoms with van der Waals surface area (Å²) in [5.41, 5.74) is 7.00. The Morgan fingerprint density at radius 2 is 1.91 bits per heavy atom. The summed E-state index contributed by atoms with van der Waals surface area (Å²) in [7, 11) is 0. The van der Waals surface area contributed by atoms with Crippen molar-refractivity contribution in [1.82, 2.24) is 19.5 Å². The molecule has 4 N–H and O–H groups in total. The average molecular weight is 488 g/mol. The van der Waals surface area contributed by atoms with Gasteiger partial charge in [-0.1, -0.05) is 17.7 Å². The molecule has 2 aromatic heterocycles. The molecule has 1 aromatic carbocycles. The van der Waals surface area contributed by atoms with Gasteiger partial charge in [0.2, 0.25) is 17.8 Å². The van der Waals surface area contributed by atoms with E-state index in [2.05, 4.69) is 20.6 Å². The molecular weight excluding hydrogens is 461 g/mol. The Morgan fingerprint density at radius 1 is 1.15 bits per heavy atom. The summed E-state index contributed by atoms with van der Waals surface area (Å²) in [6.45, 7) is 1.42. The van der Waals surface area contributed by atoms with Gasteiger partial charge >= 0.3 is 0 Å². The number of hydrogen-bond acceptors (Lipinski definition) is 7. The van der Waals surface area contributed by atoms with Crippen LogP contribution in [0.1, 0.15) is 44.6 Å². The zero-order valence-electron chi connectivity index (χ0n) is 18.6. The third-order valence-electron chi connectivity index (χ3n) is 6.65. The van der Waals surface area contributed by atoms with Gasteiger partial charge in [-0.05, 0) is 50.7 Å². The summed E-state index contributed by atoms with van der Waals surface area (Å²) < 4.78 is 22.1. The van der Waals surface area contributed by atoms with Crippen LogP contribution in [0.25, 0.3) is 11.2 Å². The number of imidazole rings is 1. The molecule has 2 fully saturated rings. The van der Waals surface area contributed by atoms with E-state index < -0.39 is 5.82 Å². The van der Waals surface area contributed by atoms with E-state index >= 15 is 0 Å². The molecule has 11 heteroatoms. The third-order valence-corrected chi connectivity index (χ3v) is 6.94. The first kappa shape index (κ1) is 22.8. The van der Waals surface area contributed by atoms with E-state index in [0.29, 0.717) is 49.1 Å². The number of nitrogens with one attached hydrogen (secondary N) is 2. The van der Waals surface area contributed by atoms with Crippen LogP contribution in [0.4, 0.5) is 22.0 Å². The number of halogens is 2. The lowest BCUT2D eigenvalue weighted by Crippen LogP contribution is -2.29. The monoisotopic (exact) mass is 487 g/mol. The number of fused-ring (bicyclic) bond motifs is 1. The van der Waals surface area contributed by atoms with Crippen LogP contribution in [0.2, 0.25) is 5.02 Å². The van der Waals surface area contributed by atoms with E-state index in [1.54, 1.807) is 18.3 Å². The molecule has 1 aliphatic carbocycles. The number of nitrogens with zero attached hydrogens (tertiary/aromatic N) is 4. The molecule has 0 atom stereocenters.